The number of hydrogen-bond donors (Lipinski definition) is 2. The predicted molar refractivity (Wildman–Crippen MR) is 96.2 cm³/mol. The van der Waals surface area contributed by atoms with Gasteiger partial charge < -0.3 is 19.4 Å². The van der Waals surface area contributed by atoms with Crippen LogP contribution in [0.4, 0.5) is 4.39 Å². The molecule has 7 heteroatoms. The van der Waals surface area contributed by atoms with Crippen molar-refractivity contribution in [3.05, 3.63) is 64.0 Å². The van der Waals surface area contributed by atoms with Crippen LogP contribution in [0, 0.1) is 5.82 Å². The van der Waals surface area contributed by atoms with Gasteiger partial charge in [-0.25, -0.2) is 9.37 Å². The van der Waals surface area contributed by atoms with E-state index in [1.807, 2.05) is 13.1 Å². The van der Waals surface area contributed by atoms with Crippen LogP contribution in [0.5, 0.6) is 11.5 Å². The first kappa shape index (κ1) is 17.9. The largest absolute Gasteiger partial charge is 0.493 e. The van der Waals surface area contributed by atoms with Gasteiger partial charge in [0.05, 0.1) is 32.2 Å². The van der Waals surface area contributed by atoms with Crippen molar-refractivity contribution in [2.24, 2.45) is 0 Å². The molecule has 0 fully saturated rings. The van der Waals surface area contributed by atoms with Crippen LogP contribution >= 0.6 is 0 Å². The Balaban J connectivity index is 1.88. The van der Waals surface area contributed by atoms with Gasteiger partial charge in [0, 0.05) is 11.6 Å². The number of nitrogens with one attached hydrogen (secondary N) is 2. The van der Waals surface area contributed by atoms with Crippen molar-refractivity contribution in [3.63, 3.8) is 0 Å². The van der Waals surface area contributed by atoms with Gasteiger partial charge in [-0.05, 0) is 12.1 Å². The molecule has 0 saturated heterocycles. The molecule has 0 radical (unpaired) electrons. The van der Waals surface area contributed by atoms with E-state index in [1.54, 1.807) is 24.3 Å². The van der Waals surface area contributed by atoms with Crippen molar-refractivity contribution in [1.29, 1.82) is 0 Å². The lowest BCUT2D eigenvalue weighted by atomic mass is 10.2. The maximum absolute atomic E-state index is 13.8. The Morgan fingerprint density at radius 1 is 1.12 bits per heavy atom. The summed E-state index contributed by atoms with van der Waals surface area (Å²) in [6.07, 6.45) is 0. The number of rotatable bonds is 6. The lowest BCUT2D eigenvalue weighted by Crippen LogP contribution is -3.06. The number of methoxy groups -OCH3 is 2. The van der Waals surface area contributed by atoms with E-state index in [-0.39, 0.29) is 11.4 Å². The van der Waals surface area contributed by atoms with Crippen LogP contribution in [0.3, 0.4) is 0 Å². The van der Waals surface area contributed by atoms with E-state index in [1.165, 1.54) is 20.3 Å². The Kier molecular flexibility index (Phi) is 5.18. The molecule has 1 aromatic heterocycles. The molecule has 0 aliphatic heterocycles. The monoisotopic (exact) mass is 358 g/mol. The Bertz CT molecular complexity index is 987. The molecule has 0 bridgehead atoms. The molecule has 0 saturated carbocycles. The Morgan fingerprint density at radius 2 is 1.81 bits per heavy atom. The maximum atomic E-state index is 13.8. The highest BCUT2D eigenvalue weighted by Crippen LogP contribution is 2.29. The van der Waals surface area contributed by atoms with Crippen LogP contribution in [0.1, 0.15) is 11.4 Å². The standard InChI is InChI=1S/C19H20FN3O3/c1-23(10-12-6-4-5-7-14(12)20)11-18-21-15-9-17(26-3)16(25-2)8-13(15)19(24)22-18/h4-9H,10-11H2,1-3H3,(H,21,22,24)/p+1. The highest BCUT2D eigenvalue weighted by molar-refractivity contribution is 5.81. The zero-order valence-electron chi connectivity index (χ0n) is 14.9. The molecule has 0 aliphatic carbocycles. The topological polar surface area (TPSA) is 68.7 Å². The molecule has 2 aromatic carbocycles. The van der Waals surface area contributed by atoms with E-state index in [4.69, 9.17) is 9.47 Å². The summed E-state index contributed by atoms with van der Waals surface area (Å²) >= 11 is 0. The van der Waals surface area contributed by atoms with Crippen molar-refractivity contribution in [2.45, 2.75) is 13.1 Å². The average Bonchev–Trinajstić information content (AvgIpc) is 2.62. The third-order valence-electron chi connectivity index (χ3n) is 4.18. The van der Waals surface area contributed by atoms with Gasteiger partial charge in [0.2, 0.25) is 0 Å². The Hall–Kier alpha value is -2.93. The summed E-state index contributed by atoms with van der Waals surface area (Å²) in [6, 6.07) is 9.96. The summed E-state index contributed by atoms with van der Waals surface area (Å²) in [5.74, 6) is 1.28. The van der Waals surface area contributed by atoms with Crippen LogP contribution < -0.4 is 19.9 Å². The summed E-state index contributed by atoms with van der Waals surface area (Å²) in [6.45, 7) is 0.939. The number of fused-ring (bicyclic) bond motifs is 1. The summed E-state index contributed by atoms with van der Waals surface area (Å²) < 4.78 is 24.3. The van der Waals surface area contributed by atoms with Crippen molar-refractivity contribution in [2.75, 3.05) is 21.3 Å². The Morgan fingerprint density at radius 3 is 2.50 bits per heavy atom. The van der Waals surface area contributed by atoms with Gasteiger partial charge in [0.1, 0.15) is 18.9 Å². The number of quaternary nitrogens is 1. The summed E-state index contributed by atoms with van der Waals surface area (Å²) in [5, 5.41) is 0.429. The molecule has 2 N–H and O–H groups in total. The van der Waals surface area contributed by atoms with E-state index >= 15 is 0 Å². The molecule has 6 nitrogen and oxygen atoms in total. The molecule has 1 unspecified atom stereocenters. The first-order valence-corrected chi connectivity index (χ1v) is 8.21. The fourth-order valence-corrected chi connectivity index (χ4v) is 2.91. The summed E-state index contributed by atoms with van der Waals surface area (Å²) in [4.78, 5) is 20.7. The van der Waals surface area contributed by atoms with E-state index in [0.29, 0.717) is 46.9 Å². The lowest BCUT2D eigenvalue weighted by molar-refractivity contribution is -0.908. The molecular formula is C19H21FN3O3+. The van der Waals surface area contributed by atoms with E-state index in [9.17, 15) is 9.18 Å². The number of benzene rings is 2. The fraction of sp³-hybridized carbons (Fsp3) is 0.263. The number of halogens is 1. The van der Waals surface area contributed by atoms with E-state index < -0.39 is 0 Å². The van der Waals surface area contributed by atoms with Crippen molar-refractivity contribution in [3.8, 4) is 11.5 Å². The normalized spacial score (nSPS) is 12.2. The number of ether oxygens (including phenoxy) is 2. The fourth-order valence-electron chi connectivity index (χ4n) is 2.91. The average molecular weight is 358 g/mol. The molecule has 0 aliphatic rings. The minimum absolute atomic E-state index is 0.233. The number of nitrogens with zero attached hydrogens (tertiary/aromatic N) is 1. The molecule has 3 rings (SSSR count). The van der Waals surface area contributed by atoms with Gasteiger partial charge in [-0.3, -0.25) is 4.79 Å². The predicted octanol–water partition coefficient (Wildman–Crippen LogP) is 1.29. The number of hydrogen-bond acceptors (Lipinski definition) is 4. The van der Waals surface area contributed by atoms with Crippen LogP contribution in [0.25, 0.3) is 10.9 Å². The molecule has 136 valence electrons. The van der Waals surface area contributed by atoms with Crippen molar-refractivity contribution in [1.82, 2.24) is 9.97 Å². The molecule has 0 spiro atoms. The minimum atomic E-state index is -0.246. The second-order valence-electron chi connectivity index (χ2n) is 6.14. The van der Waals surface area contributed by atoms with Gasteiger partial charge in [0.15, 0.2) is 17.3 Å². The third-order valence-corrected chi connectivity index (χ3v) is 4.18. The zero-order chi connectivity index (χ0) is 18.7. The van der Waals surface area contributed by atoms with E-state index in [0.717, 1.165) is 4.90 Å². The van der Waals surface area contributed by atoms with Crippen molar-refractivity contribution < 1.29 is 18.8 Å². The van der Waals surface area contributed by atoms with Crippen LogP contribution in [-0.4, -0.2) is 31.2 Å². The van der Waals surface area contributed by atoms with Gasteiger partial charge in [-0.2, -0.15) is 0 Å². The molecule has 0 amide bonds. The SMILES string of the molecule is COc1cc2nc(C[NH+](C)Cc3ccccc3F)[nH]c(=O)c2cc1OC. The maximum Gasteiger partial charge on any atom is 0.259 e. The summed E-state index contributed by atoms with van der Waals surface area (Å²) in [5.41, 5.74) is 0.907. The molecule has 1 heterocycles. The highest BCUT2D eigenvalue weighted by atomic mass is 19.1. The highest BCUT2D eigenvalue weighted by Gasteiger charge is 2.14. The van der Waals surface area contributed by atoms with Gasteiger partial charge in [0.25, 0.3) is 5.56 Å². The molecule has 3 aromatic rings. The van der Waals surface area contributed by atoms with Gasteiger partial charge in [-0.15, -0.1) is 0 Å². The lowest BCUT2D eigenvalue weighted by Gasteiger charge is -2.14. The summed E-state index contributed by atoms with van der Waals surface area (Å²) in [7, 11) is 4.97. The number of aromatic nitrogens is 2. The second-order valence-corrected chi connectivity index (χ2v) is 6.14. The van der Waals surface area contributed by atoms with Crippen LogP contribution in [0.15, 0.2) is 41.2 Å². The van der Waals surface area contributed by atoms with E-state index in [2.05, 4.69) is 9.97 Å². The zero-order valence-corrected chi connectivity index (χ0v) is 14.9. The van der Waals surface area contributed by atoms with Gasteiger partial charge in [-0.1, -0.05) is 18.2 Å². The third kappa shape index (κ3) is 3.67. The second kappa shape index (κ2) is 7.53. The molecule has 26 heavy (non-hydrogen) atoms. The van der Waals surface area contributed by atoms with Crippen molar-refractivity contribution >= 4 is 10.9 Å². The van der Waals surface area contributed by atoms with Crippen LogP contribution in [0.2, 0.25) is 0 Å². The molecule has 1 atom stereocenters. The first-order chi connectivity index (χ1) is 12.5. The van der Waals surface area contributed by atoms with Gasteiger partial charge >= 0.3 is 0 Å². The molecular weight excluding hydrogens is 337 g/mol. The first-order valence-electron chi connectivity index (χ1n) is 8.21. The van der Waals surface area contributed by atoms with Crippen LogP contribution in [-0.2, 0) is 13.1 Å². The number of H-pyrrole nitrogens is 1. The minimum Gasteiger partial charge on any atom is -0.493 e. The smallest absolute Gasteiger partial charge is 0.259 e. The number of aromatic amines is 1. The quantitative estimate of drug-likeness (QED) is 0.697. The Labute approximate surface area is 150 Å².